The van der Waals surface area contributed by atoms with Gasteiger partial charge in [0.25, 0.3) is 0 Å². The number of hydrogen-bond donors (Lipinski definition) is 0. The molecule has 0 fully saturated rings. The van der Waals surface area contributed by atoms with Crippen molar-refractivity contribution >= 4 is 11.8 Å². The van der Waals surface area contributed by atoms with Crippen molar-refractivity contribution in [1.82, 2.24) is 0 Å². The van der Waals surface area contributed by atoms with E-state index in [0.717, 1.165) is 0 Å². The third kappa shape index (κ3) is 1.51. The van der Waals surface area contributed by atoms with E-state index in [2.05, 4.69) is 44.5 Å². The predicted molar refractivity (Wildman–Crippen MR) is 54.4 cm³/mol. The van der Waals surface area contributed by atoms with Crippen LogP contribution >= 0.6 is 11.8 Å². The Labute approximate surface area is 78.4 Å². The summed E-state index contributed by atoms with van der Waals surface area (Å²) in [5.74, 6) is 0. The van der Waals surface area contributed by atoms with Crippen LogP contribution in [-0.2, 0) is 0 Å². The molecule has 0 N–H and O–H groups in total. The second kappa shape index (κ2) is 2.81. The molecule has 1 heteroatoms. The normalized spacial score (nSPS) is 20.2. The first kappa shape index (κ1) is 8.18. The number of rotatable bonds is 0. The third-order valence-electron chi connectivity index (χ3n) is 2.12. The molecule has 1 aromatic rings. The first-order valence-electron chi connectivity index (χ1n) is 4.29. The van der Waals surface area contributed by atoms with Gasteiger partial charge in [-0.25, -0.2) is 0 Å². The number of fused-ring (bicyclic) bond motifs is 1. The minimum absolute atomic E-state index is 0.383. The Kier molecular flexibility index (Phi) is 1.91. The molecule has 0 saturated carbocycles. The standard InChI is InChI=1S/C11H13S/c1-11(2)8-7-9-5-3-4-6-10(9)12-11/h3-7H,8H2,1-2H3. The molecule has 63 valence electrons. The van der Waals surface area contributed by atoms with Crippen LogP contribution in [0.15, 0.2) is 29.2 Å². The summed E-state index contributed by atoms with van der Waals surface area (Å²) < 4.78 is 0.383. The lowest BCUT2D eigenvalue weighted by Gasteiger charge is -2.29. The van der Waals surface area contributed by atoms with Gasteiger partial charge in [-0.1, -0.05) is 32.0 Å². The van der Waals surface area contributed by atoms with Gasteiger partial charge in [0.15, 0.2) is 0 Å². The van der Waals surface area contributed by atoms with Crippen LogP contribution in [0.3, 0.4) is 0 Å². The molecule has 0 spiro atoms. The lowest BCUT2D eigenvalue weighted by Crippen LogP contribution is -2.18. The van der Waals surface area contributed by atoms with Crippen molar-refractivity contribution in [3.05, 3.63) is 36.2 Å². The Hall–Kier alpha value is -0.430. The second-order valence-corrected chi connectivity index (χ2v) is 5.56. The Morgan fingerprint density at radius 3 is 2.83 bits per heavy atom. The topological polar surface area (TPSA) is 0 Å². The first-order chi connectivity index (χ1) is 5.67. The maximum absolute atomic E-state index is 2.34. The highest BCUT2D eigenvalue weighted by atomic mass is 32.2. The van der Waals surface area contributed by atoms with Crippen LogP contribution in [0.4, 0.5) is 0 Å². The smallest absolute Gasteiger partial charge is 0.0157 e. The van der Waals surface area contributed by atoms with E-state index in [0.29, 0.717) is 4.75 Å². The van der Waals surface area contributed by atoms with Gasteiger partial charge in [0.2, 0.25) is 0 Å². The van der Waals surface area contributed by atoms with E-state index < -0.39 is 0 Å². The van der Waals surface area contributed by atoms with E-state index in [1.54, 1.807) is 0 Å². The van der Waals surface area contributed by atoms with Crippen molar-refractivity contribution in [3.63, 3.8) is 0 Å². The highest BCUT2D eigenvalue weighted by Crippen LogP contribution is 2.43. The molecule has 1 radical (unpaired) electrons. The molecule has 0 aliphatic carbocycles. The molecule has 12 heavy (non-hydrogen) atoms. The maximum atomic E-state index is 2.34. The molecule has 0 nitrogen and oxygen atoms in total. The summed E-state index contributed by atoms with van der Waals surface area (Å²) in [4.78, 5) is 1.42. The van der Waals surface area contributed by atoms with Gasteiger partial charge in [-0.3, -0.25) is 0 Å². The summed E-state index contributed by atoms with van der Waals surface area (Å²) in [6.07, 6.45) is 3.51. The summed E-state index contributed by atoms with van der Waals surface area (Å²) in [5, 5.41) is 0. The fraction of sp³-hybridized carbons (Fsp3) is 0.364. The molecule has 0 atom stereocenters. The average molecular weight is 177 g/mol. The molecule has 0 saturated heterocycles. The minimum atomic E-state index is 0.383. The SMILES string of the molecule is CC1(C)C[CH]c2ccccc2S1. The van der Waals surface area contributed by atoms with Crippen LogP contribution in [0.5, 0.6) is 0 Å². The minimum Gasteiger partial charge on any atom is -0.120 e. The quantitative estimate of drug-likeness (QED) is 0.584. The van der Waals surface area contributed by atoms with Crippen molar-refractivity contribution < 1.29 is 0 Å². The summed E-state index contributed by atoms with van der Waals surface area (Å²) in [7, 11) is 0. The summed E-state index contributed by atoms with van der Waals surface area (Å²) >= 11 is 1.98. The van der Waals surface area contributed by atoms with Gasteiger partial charge in [-0.05, 0) is 24.5 Å². The molecule has 0 amide bonds. The lowest BCUT2D eigenvalue weighted by atomic mass is 10.0. The van der Waals surface area contributed by atoms with Crippen LogP contribution in [0.2, 0.25) is 0 Å². The average Bonchev–Trinajstić information content (AvgIpc) is 2.02. The van der Waals surface area contributed by atoms with Crippen molar-refractivity contribution in [1.29, 1.82) is 0 Å². The van der Waals surface area contributed by atoms with Gasteiger partial charge in [0.05, 0.1) is 0 Å². The molecule has 0 aromatic heterocycles. The Balaban J connectivity index is 2.35. The van der Waals surface area contributed by atoms with Gasteiger partial charge < -0.3 is 0 Å². The van der Waals surface area contributed by atoms with Crippen molar-refractivity contribution in [2.45, 2.75) is 29.9 Å². The van der Waals surface area contributed by atoms with E-state index >= 15 is 0 Å². The van der Waals surface area contributed by atoms with Crippen molar-refractivity contribution in [2.75, 3.05) is 0 Å². The molecule has 1 heterocycles. The monoisotopic (exact) mass is 177 g/mol. The van der Waals surface area contributed by atoms with E-state index in [1.807, 2.05) is 11.8 Å². The molecule has 1 aliphatic heterocycles. The number of benzene rings is 1. The highest BCUT2D eigenvalue weighted by molar-refractivity contribution is 8.00. The van der Waals surface area contributed by atoms with Crippen LogP contribution in [0.25, 0.3) is 0 Å². The number of hydrogen-bond acceptors (Lipinski definition) is 1. The van der Waals surface area contributed by atoms with E-state index in [-0.39, 0.29) is 0 Å². The Morgan fingerprint density at radius 1 is 1.25 bits per heavy atom. The number of thioether (sulfide) groups is 1. The largest absolute Gasteiger partial charge is 0.120 e. The van der Waals surface area contributed by atoms with E-state index in [4.69, 9.17) is 0 Å². The second-order valence-electron chi connectivity index (χ2n) is 3.81. The Morgan fingerprint density at radius 2 is 2.00 bits per heavy atom. The van der Waals surface area contributed by atoms with E-state index in [1.165, 1.54) is 16.9 Å². The zero-order chi connectivity index (χ0) is 8.60. The van der Waals surface area contributed by atoms with Gasteiger partial charge >= 0.3 is 0 Å². The molecular formula is C11H13S. The van der Waals surface area contributed by atoms with Crippen molar-refractivity contribution in [2.24, 2.45) is 0 Å². The Bertz CT molecular complexity index is 289. The summed E-state index contributed by atoms with van der Waals surface area (Å²) in [5.41, 5.74) is 1.40. The molecule has 1 aromatic carbocycles. The first-order valence-corrected chi connectivity index (χ1v) is 5.10. The van der Waals surface area contributed by atoms with Gasteiger partial charge in [-0.2, -0.15) is 0 Å². The van der Waals surface area contributed by atoms with Crippen LogP contribution in [0.1, 0.15) is 25.8 Å². The van der Waals surface area contributed by atoms with Crippen LogP contribution in [0, 0.1) is 6.42 Å². The van der Waals surface area contributed by atoms with Gasteiger partial charge in [0.1, 0.15) is 0 Å². The van der Waals surface area contributed by atoms with Gasteiger partial charge in [-0.15, -0.1) is 11.8 Å². The van der Waals surface area contributed by atoms with Gasteiger partial charge in [0, 0.05) is 9.64 Å². The zero-order valence-corrected chi connectivity index (χ0v) is 8.32. The lowest BCUT2D eigenvalue weighted by molar-refractivity contribution is 0.691. The fourth-order valence-corrected chi connectivity index (χ4v) is 2.62. The molecule has 1 aliphatic rings. The highest BCUT2D eigenvalue weighted by Gasteiger charge is 2.25. The fourth-order valence-electron chi connectivity index (χ4n) is 1.44. The third-order valence-corrected chi connectivity index (χ3v) is 3.43. The van der Waals surface area contributed by atoms with Crippen LogP contribution < -0.4 is 0 Å². The predicted octanol–water partition coefficient (Wildman–Crippen LogP) is 3.51. The molecule has 0 unspecified atom stereocenters. The maximum Gasteiger partial charge on any atom is 0.0157 e. The summed E-state index contributed by atoms with van der Waals surface area (Å²) in [6, 6.07) is 8.62. The molecule has 2 rings (SSSR count). The van der Waals surface area contributed by atoms with Crippen molar-refractivity contribution in [3.8, 4) is 0 Å². The van der Waals surface area contributed by atoms with Crippen LogP contribution in [-0.4, -0.2) is 4.75 Å². The summed E-state index contributed by atoms with van der Waals surface area (Å²) in [6.45, 7) is 4.59. The molecular weight excluding hydrogens is 164 g/mol. The van der Waals surface area contributed by atoms with E-state index in [9.17, 15) is 0 Å². The molecule has 0 bridgehead atoms. The zero-order valence-electron chi connectivity index (χ0n) is 7.50.